The van der Waals surface area contributed by atoms with Crippen molar-refractivity contribution in [1.82, 2.24) is 0 Å². The lowest BCUT2D eigenvalue weighted by atomic mass is 10.4. The number of hydrogen-bond donors (Lipinski definition) is 0. The normalized spacial score (nSPS) is 10.2. The third-order valence-electron chi connectivity index (χ3n) is 0.855. The van der Waals surface area contributed by atoms with E-state index < -0.39 is 0 Å². The lowest BCUT2D eigenvalue weighted by Crippen LogP contribution is -2.34. The molecule has 0 aliphatic heterocycles. The van der Waals surface area contributed by atoms with Gasteiger partial charge in [-0.05, 0) is 5.92 Å². The van der Waals surface area contributed by atoms with Crippen molar-refractivity contribution in [3.05, 3.63) is 0 Å². The molecule has 0 aromatic carbocycles. The standard InChI is InChI=1S/C8H16N/c1-5-6-7-8-9(2,3)4/h5,8H2,1-4H3/q+1. The molecule has 0 aliphatic rings. The van der Waals surface area contributed by atoms with Gasteiger partial charge >= 0.3 is 0 Å². The Morgan fingerprint density at radius 3 is 2.00 bits per heavy atom. The summed E-state index contributed by atoms with van der Waals surface area (Å²) in [5, 5.41) is 0. The predicted octanol–water partition coefficient (Wildman–Crippen LogP) is 1.11. The van der Waals surface area contributed by atoms with Crippen LogP contribution in [0.3, 0.4) is 0 Å². The Bertz CT molecular complexity index is 120. The molecule has 0 radical (unpaired) electrons. The molecule has 0 aliphatic carbocycles. The Kier molecular flexibility index (Phi) is 3.34. The topological polar surface area (TPSA) is 0 Å². The quantitative estimate of drug-likeness (QED) is 0.364. The molecule has 0 aromatic rings. The Morgan fingerprint density at radius 2 is 1.67 bits per heavy atom. The molecule has 52 valence electrons. The summed E-state index contributed by atoms with van der Waals surface area (Å²) >= 11 is 0. The first kappa shape index (κ1) is 8.52. The highest BCUT2D eigenvalue weighted by Gasteiger charge is 2.00. The average molecular weight is 126 g/mol. The Balaban J connectivity index is 3.50. The average Bonchev–Trinajstić information content (AvgIpc) is 1.63. The van der Waals surface area contributed by atoms with Crippen LogP contribution in [0.25, 0.3) is 0 Å². The molecule has 0 N–H and O–H groups in total. The van der Waals surface area contributed by atoms with Crippen LogP contribution in [0.2, 0.25) is 0 Å². The van der Waals surface area contributed by atoms with Crippen molar-refractivity contribution in [1.29, 1.82) is 0 Å². The van der Waals surface area contributed by atoms with Crippen molar-refractivity contribution >= 4 is 0 Å². The molecule has 0 saturated carbocycles. The molecule has 9 heavy (non-hydrogen) atoms. The summed E-state index contributed by atoms with van der Waals surface area (Å²) in [6.45, 7) is 3.02. The van der Waals surface area contributed by atoms with Gasteiger partial charge in [0.2, 0.25) is 0 Å². The van der Waals surface area contributed by atoms with Crippen LogP contribution in [0.15, 0.2) is 0 Å². The van der Waals surface area contributed by atoms with Crippen molar-refractivity contribution in [3.8, 4) is 11.8 Å². The van der Waals surface area contributed by atoms with E-state index in [0.29, 0.717) is 0 Å². The van der Waals surface area contributed by atoms with Crippen molar-refractivity contribution < 1.29 is 4.48 Å². The van der Waals surface area contributed by atoms with Crippen LogP contribution in [-0.2, 0) is 0 Å². The fourth-order valence-electron chi connectivity index (χ4n) is 0.418. The van der Waals surface area contributed by atoms with E-state index in [2.05, 4.69) is 39.9 Å². The molecule has 0 unspecified atom stereocenters. The van der Waals surface area contributed by atoms with Crippen molar-refractivity contribution in [2.75, 3.05) is 27.7 Å². The summed E-state index contributed by atoms with van der Waals surface area (Å²) in [5.74, 6) is 6.14. The minimum atomic E-state index is 0.938. The highest BCUT2D eigenvalue weighted by Crippen LogP contribution is 1.85. The minimum Gasteiger partial charge on any atom is -0.321 e. The highest BCUT2D eigenvalue weighted by atomic mass is 15.3. The van der Waals surface area contributed by atoms with Gasteiger partial charge in [0, 0.05) is 6.42 Å². The van der Waals surface area contributed by atoms with E-state index >= 15 is 0 Å². The molecule has 0 atom stereocenters. The van der Waals surface area contributed by atoms with Gasteiger partial charge in [0.1, 0.15) is 6.54 Å². The summed E-state index contributed by atoms with van der Waals surface area (Å²) in [6.07, 6.45) is 0.972. The maximum absolute atomic E-state index is 3.10. The third-order valence-corrected chi connectivity index (χ3v) is 0.855. The van der Waals surface area contributed by atoms with E-state index in [1.165, 1.54) is 0 Å². The van der Waals surface area contributed by atoms with Crippen molar-refractivity contribution in [2.45, 2.75) is 13.3 Å². The Labute approximate surface area is 58.3 Å². The minimum absolute atomic E-state index is 0.938. The summed E-state index contributed by atoms with van der Waals surface area (Å²) in [5.41, 5.74) is 0. The van der Waals surface area contributed by atoms with Crippen LogP contribution in [0.1, 0.15) is 13.3 Å². The molecule has 0 fully saturated rings. The lowest BCUT2D eigenvalue weighted by Gasteiger charge is -2.19. The lowest BCUT2D eigenvalue weighted by molar-refractivity contribution is -0.862. The zero-order chi connectivity index (χ0) is 7.33. The first-order valence-electron chi connectivity index (χ1n) is 3.32. The molecule has 0 heterocycles. The second kappa shape index (κ2) is 3.53. The van der Waals surface area contributed by atoms with E-state index in [1.807, 2.05) is 0 Å². The van der Waals surface area contributed by atoms with Crippen LogP contribution < -0.4 is 0 Å². The van der Waals surface area contributed by atoms with Crippen LogP contribution in [0.5, 0.6) is 0 Å². The maximum Gasteiger partial charge on any atom is 0.140 e. The van der Waals surface area contributed by atoms with E-state index in [1.54, 1.807) is 0 Å². The summed E-state index contributed by atoms with van der Waals surface area (Å²) < 4.78 is 0.938. The molecule has 0 bridgehead atoms. The van der Waals surface area contributed by atoms with Crippen LogP contribution in [0.4, 0.5) is 0 Å². The molecular formula is C8H16N+. The fraction of sp³-hybridized carbons (Fsp3) is 0.750. The Morgan fingerprint density at radius 1 is 1.11 bits per heavy atom. The van der Waals surface area contributed by atoms with Gasteiger partial charge in [-0.15, -0.1) is 0 Å². The van der Waals surface area contributed by atoms with Gasteiger partial charge in [-0.25, -0.2) is 0 Å². The third kappa shape index (κ3) is 7.52. The smallest absolute Gasteiger partial charge is 0.140 e. The molecular weight excluding hydrogens is 110 g/mol. The molecule has 0 rings (SSSR count). The fourth-order valence-corrected chi connectivity index (χ4v) is 0.418. The number of rotatable bonds is 1. The highest BCUT2D eigenvalue weighted by molar-refractivity contribution is 4.97. The van der Waals surface area contributed by atoms with E-state index in [0.717, 1.165) is 17.4 Å². The largest absolute Gasteiger partial charge is 0.321 e. The molecule has 0 amide bonds. The van der Waals surface area contributed by atoms with Gasteiger partial charge in [0.25, 0.3) is 0 Å². The molecule has 1 nitrogen and oxygen atoms in total. The van der Waals surface area contributed by atoms with Gasteiger partial charge in [-0.2, -0.15) is 0 Å². The van der Waals surface area contributed by atoms with Crippen molar-refractivity contribution in [3.63, 3.8) is 0 Å². The van der Waals surface area contributed by atoms with E-state index in [-0.39, 0.29) is 0 Å². The summed E-state index contributed by atoms with van der Waals surface area (Å²) in [7, 11) is 6.43. The monoisotopic (exact) mass is 126 g/mol. The molecule has 0 saturated heterocycles. The molecule has 1 heteroatoms. The number of nitrogens with zero attached hydrogens (tertiary/aromatic N) is 1. The van der Waals surface area contributed by atoms with Gasteiger partial charge < -0.3 is 4.48 Å². The van der Waals surface area contributed by atoms with Gasteiger partial charge in [-0.3, -0.25) is 0 Å². The van der Waals surface area contributed by atoms with E-state index in [9.17, 15) is 0 Å². The number of hydrogen-bond acceptors (Lipinski definition) is 0. The SMILES string of the molecule is CCC#CC[N+](C)(C)C. The first-order chi connectivity index (χ1) is 4.06. The van der Waals surface area contributed by atoms with Crippen LogP contribution in [-0.4, -0.2) is 32.2 Å². The van der Waals surface area contributed by atoms with E-state index in [4.69, 9.17) is 0 Å². The van der Waals surface area contributed by atoms with Gasteiger partial charge in [0.15, 0.2) is 0 Å². The second-order valence-corrected chi connectivity index (χ2v) is 3.16. The first-order valence-corrected chi connectivity index (χ1v) is 3.32. The second-order valence-electron chi connectivity index (χ2n) is 3.16. The molecule has 0 aromatic heterocycles. The zero-order valence-corrected chi connectivity index (χ0v) is 6.86. The molecule has 0 spiro atoms. The Hall–Kier alpha value is -0.480. The summed E-state index contributed by atoms with van der Waals surface area (Å²) in [6, 6.07) is 0. The van der Waals surface area contributed by atoms with Crippen LogP contribution >= 0.6 is 0 Å². The van der Waals surface area contributed by atoms with Gasteiger partial charge in [-0.1, -0.05) is 12.8 Å². The summed E-state index contributed by atoms with van der Waals surface area (Å²) in [4.78, 5) is 0. The van der Waals surface area contributed by atoms with Crippen molar-refractivity contribution in [2.24, 2.45) is 0 Å². The number of quaternary nitrogens is 1. The van der Waals surface area contributed by atoms with Crippen LogP contribution in [0, 0.1) is 11.8 Å². The van der Waals surface area contributed by atoms with Gasteiger partial charge in [0.05, 0.1) is 21.1 Å². The zero-order valence-electron chi connectivity index (χ0n) is 6.86. The predicted molar refractivity (Wildman–Crippen MR) is 41.0 cm³/mol. The maximum atomic E-state index is 3.10.